The molecule has 13 heavy (non-hydrogen) atoms. The fourth-order valence-corrected chi connectivity index (χ4v) is 0.953. The lowest BCUT2D eigenvalue weighted by molar-refractivity contribution is -0.0510. The van der Waals surface area contributed by atoms with E-state index in [0.29, 0.717) is 5.69 Å². The second-order valence-corrected chi connectivity index (χ2v) is 4.54. The van der Waals surface area contributed by atoms with E-state index in [1.165, 1.54) is 4.80 Å². The molecule has 0 bridgehead atoms. The van der Waals surface area contributed by atoms with Crippen LogP contribution in [0.5, 0.6) is 0 Å². The zero-order valence-corrected chi connectivity index (χ0v) is 8.87. The molecule has 0 aromatic carbocycles. The zero-order chi connectivity index (χ0) is 10.3. The van der Waals surface area contributed by atoms with Crippen LogP contribution in [0.15, 0.2) is 6.20 Å². The molecule has 1 heterocycles. The van der Waals surface area contributed by atoms with Crippen molar-refractivity contribution in [2.24, 2.45) is 12.5 Å². The summed E-state index contributed by atoms with van der Waals surface area (Å²) in [6, 6.07) is 0. The minimum Gasteiger partial charge on any atom is -0.383 e. The summed E-state index contributed by atoms with van der Waals surface area (Å²) in [4.78, 5) is 1.45. The number of hydrogen-bond acceptors (Lipinski definition) is 3. The molecule has 0 aliphatic rings. The van der Waals surface area contributed by atoms with Crippen molar-refractivity contribution in [3.05, 3.63) is 11.9 Å². The van der Waals surface area contributed by atoms with Crippen molar-refractivity contribution in [3.8, 4) is 0 Å². The van der Waals surface area contributed by atoms with Crippen molar-refractivity contribution < 1.29 is 5.11 Å². The summed E-state index contributed by atoms with van der Waals surface area (Å²) >= 11 is 0. The third-order valence-corrected chi connectivity index (χ3v) is 2.56. The zero-order valence-electron chi connectivity index (χ0n) is 8.87. The Morgan fingerprint density at radius 2 is 1.85 bits per heavy atom. The van der Waals surface area contributed by atoms with Gasteiger partial charge >= 0.3 is 0 Å². The van der Waals surface area contributed by atoms with Crippen LogP contribution in [0.25, 0.3) is 0 Å². The van der Waals surface area contributed by atoms with Gasteiger partial charge in [-0.3, -0.25) is 0 Å². The molecular weight excluding hydrogens is 166 g/mol. The van der Waals surface area contributed by atoms with Gasteiger partial charge in [-0.1, -0.05) is 20.8 Å². The van der Waals surface area contributed by atoms with Gasteiger partial charge in [-0.25, -0.2) is 0 Å². The Bertz CT molecular complexity index is 296. The SMILES string of the molecule is Cn1ncc(C(C)(O)C(C)(C)C)n1. The van der Waals surface area contributed by atoms with Gasteiger partial charge in [0, 0.05) is 7.05 Å². The molecule has 1 aromatic rings. The summed E-state index contributed by atoms with van der Waals surface area (Å²) in [5.41, 5.74) is -0.577. The summed E-state index contributed by atoms with van der Waals surface area (Å²) in [6.07, 6.45) is 1.60. The molecule has 4 heteroatoms. The fraction of sp³-hybridized carbons (Fsp3) is 0.778. The van der Waals surface area contributed by atoms with Gasteiger partial charge in [-0.05, 0) is 12.3 Å². The maximum absolute atomic E-state index is 10.2. The van der Waals surface area contributed by atoms with Gasteiger partial charge in [0.05, 0.1) is 6.20 Å². The molecule has 0 saturated carbocycles. The molecule has 0 saturated heterocycles. The van der Waals surface area contributed by atoms with Crippen LogP contribution in [0.1, 0.15) is 33.4 Å². The van der Waals surface area contributed by atoms with Gasteiger partial charge in [-0.2, -0.15) is 15.0 Å². The first-order valence-corrected chi connectivity index (χ1v) is 4.34. The molecule has 0 radical (unpaired) electrons. The molecule has 0 aliphatic carbocycles. The van der Waals surface area contributed by atoms with Crippen molar-refractivity contribution >= 4 is 0 Å². The molecular formula is C9H17N3O. The quantitative estimate of drug-likeness (QED) is 0.708. The molecule has 0 fully saturated rings. The Morgan fingerprint density at radius 1 is 1.31 bits per heavy atom. The monoisotopic (exact) mass is 183 g/mol. The standard InChI is InChI=1S/C9H17N3O/c1-8(2,3)9(4,13)7-6-10-12(5)11-7/h6,13H,1-5H3. The topological polar surface area (TPSA) is 50.9 Å². The normalized spacial score (nSPS) is 17.1. The van der Waals surface area contributed by atoms with Crippen molar-refractivity contribution in [1.29, 1.82) is 0 Å². The minimum atomic E-state index is -0.943. The Hall–Kier alpha value is -0.900. The van der Waals surface area contributed by atoms with Crippen molar-refractivity contribution in [3.63, 3.8) is 0 Å². The number of aryl methyl sites for hydroxylation is 1. The van der Waals surface area contributed by atoms with Crippen LogP contribution < -0.4 is 0 Å². The summed E-state index contributed by atoms with van der Waals surface area (Å²) in [6.45, 7) is 7.68. The predicted octanol–water partition coefficient (Wildman–Crippen LogP) is 1.07. The highest BCUT2D eigenvalue weighted by molar-refractivity contribution is 5.08. The van der Waals surface area contributed by atoms with E-state index in [1.54, 1.807) is 20.2 Å². The van der Waals surface area contributed by atoms with E-state index < -0.39 is 5.60 Å². The lowest BCUT2D eigenvalue weighted by atomic mass is 9.76. The Kier molecular flexibility index (Phi) is 2.20. The second-order valence-electron chi connectivity index (χ2n) is 4.54. The summed E-state index contributed by atoms with van der Waals surface area (Å²) in [5.74, 6) is 0. The van der Waals surface area contributed by atoms with E-state index in [4.69, 9.17) is 0 Å². The average molecular weight is 183 g/mol. The van der Waals surface area contributed by atoms with Crippen LogP contribution in [-0.4, -0.2) is 20.1 Å². The number of hydrogen-bond donors (Lipinski definition) is 1. The van der Waals surface area contributed by atoms with Crippen LogP contribution in [-0.2, 0) is 12.6 Å². The Morgan fingerprint density at radius 3 is 2.15 bits per heavy atom. The van der Waals surface area contributed by atoms with E-state index in [0.717, 1.165) is 0 Å². The first-order chi connectivity index (χ1) is 5.75. The van der Waals surface area contributed by atoms with Gasteiger partial charge < -0.3 is 5.11 Å². The highest BCUT2D eigenvalue weighted by Crippen LogP contribution is 2.37. The minimum absolute atomic E-state index is 0.247. The smallest absolute Gasteiger partial charge is 0.114 e. The number of nitrogens with zero attached hydrogens (tertiary/aromatic N) is 3. The maximum Gasteiger partial charge on any atom is 0.114 e. The molecule has 0 aliphatic heterocycles. The van der Waals surface area contributed by atoms with Crippen LogP contribution in [0, 0.1) is 5.41 Å². The average Bonchev–Trinajstić information content (AvgIpc) is 2.33. The van der Waals surface area contributed by atoms with E-state index >= 15 is 0 Å². The fourth-order valence-electron chi connectivity index (χ4n) is 0.953. The largest absolute Gasteiger partial charge is 0.383 e. The maximum atomic E-state index is 10.2. The summed E-state index contributed by atoms with van der Waals surface area (Å²) < 4.78 is 0. The highest BCUT2D eigenvalue weighted by Gasteiger charge is 2.39. The van der Waals surface area contributed by atoms with E-state index in [1.807, 2.05) is 20.8 Å². The van der Waals surface area contributed by atoms with Crippen molar-refractivity contribution in [1.82, 2.24) is 15.0 Å². The van der Waals surface area contributed by atoms with Crippen LogP contribution in [0.2, 0.25) is 0 Å². The van der Waals surface area contributed by atoms with Gasteiger partial charge in [0.25, 0.3) is 0 Å². The first kappa shape index (κ1) is 10.2. The molecule has 0 amide bonds. The molecule has 1 atom stereocenters. The van der Waals surface area contributed by atoms with Gasteiger partial charge in [-0.15, -0.1) is 0 Å². The lowest BCUT2D eigenvalue weighted by Crippen LogP contribution is -2.37. The summed E-state index contributed by atoms with van der Waals surface area (Å²) in [7, 11) is 1.74. The van der Waals surface area contributed by atoms with Gasteiger partial charge in [0.15, 0.2) is 0 Å². The Balaban J connectivity index is 3.07. The first-order valence-electron chi connectivity index (χ1n) is 4.34. The molecule has 1 aromatic heterocycles. The third-order valence-electron chi connectivity index (χ3n) is 2.56. The van der Waals surface area contributed by atoms with E-state index in [2.05, 4.69) is 10.2 Å². The van der Waals surface area contributed by atoms with E-state index in [-0.39, 0.29) is 5.41 Å². The van der Waals surface area contributed by atoms with Crippen molar-refractivity contribution in [2.75, 3.05) is 0 Å². The van der Waals surface area contributed by atoms with Crippen LogP contribution in [0.4, 0.5) is 0 Å². The highest BCUT2D eigenvalue weighted by atomic mass is 16.3. The lowest BCUT2D eigenvalue weighted by Gasteiger charge is -2.35. The predicted molar refractivity (Wildman–Crippen MR) is 50.0 cm³/mol. The molecule has 0 spiro atoms. The molecule has 4 nitrogen and oxygen atoms in total. The summed E-state index contributed by atoms with van der Waals surface area (Å²) in [5, 5.41) is 18.3. The van der Waals surface area contributed by atoms with Crippen molar-refractivity contribution in [2.45, 2.75) is 33.3 Å². The molecule has 1 unspecified atom stereocenters. The van der Waals surface area contributed by atoms with E-state index in [9.17, 15) is 5.11 Å². The van der Waals surface area contributed by atoms with Gasteiger partial charge in [0.2, 0.25) is 0 Å². The molecule has 1 N–H and O–H groups in total. The van der Waals surface area contributed by atoms with Crippen LogP contribution in [0.3, 0.4) is 0 Å². The number of aliphatic hydroxyl groups is 1. The van der Waals surface area contributed by atoms with Gasteiger partial charge in [0.1, 0.15) is 11.3 Å². The third kappa shape index (κ3) is 1.72. The molecule has 74 valence electrons. The van der Waals surface area contributed by atoms with Crippen LogP contribution >= 0.6 is 0 Å². The number of aromatic nitrogens is 3. The number of rotatable bonds is 1. The Labute approximate surface area is 78.6 Å². The molecule has 1 rings (SSSR count). The second kappa shape index (κ2) is 2.80.